The number of carbonyl (C=O) groups is 2. The summed E-state index contributed by atoms with van der Waals surface area (Å²) in [5.74, 6) is 1.35. The van der Waals surface area contributed by atoms with Gasteiger partial charge in [-0.25, -0.2) is 4.98 Å². The van der Waals surface area contributed by atoms with E-state index in [1.54, 1.807) is 25.4 Å². The molecule has 1 aromatic carbocycles. The van der Waals surface area contributed by atoms with E-state index >= 15 is 0 Å². The number of anilines is 1. The highest BCUT2D eigenvalue weighted by Crippen LogP contribution is 2.18. The second kappa shape index (κ2) is 8.73. The number of pyridine rings is 1. The number of hydrogen-bond acceptors (Lipinski definition) is 5. The average Bonchev–Trinajstić information content (AvgIpc) is 2.69. The van der Waals surface area contributed by atoms with Crippen LogP contribution in [0.4, 0.5) is 5.82 Å². The molecule has 3 rings (SSSR count). The van der Waals surface area contributed by atoms with Crippen molar-refractivity contribution in [2.45, 2.75) is 26.4 Å². The molecule has 0 saturated carbocycles. The van der Waals surface area contributed by atoms with Gasteiger partial charge in [0.15, 0.2) is 0 Å². The predicted octanol–water partition coefficient (Wildman–Crippen LogP) is 2.08. The van der Waals surface area contributed by atoms with E-state index in [0.29, 0.717) is 31.0 Å². The Hall–Kier alpha value is -3.09. The van der Waals surface area contributed by atoms with Crippen LogP contribution < -0.4 is 15.0 Å². The van der Waals surface area contributed by atoms with Gasteiger partial charge in [0.25, 0.3) is 5.91 Å². The Labute approximate surface area is 165 Å². The number of nitrogens with one attached hydrogen (secondary N) is 1. The standard InChI is InChI=1S/C21H26N4O3/c1-15(2)23-21(27)17-8-9-22-19(12-17)24-10-11-25(20(26)14-24)13-16-4-6-18(28-3)7-5-16/h4-9,12,15H,10-11,13-14H2,1-3H3,(H,23,27). The van der Waals surface area contributed by atoms with Crippen LogP contribution in [0.2, 0.25) is 0 Å². The minimum Gasteiger partial charge on any atom is -0.497 e. The monoisotopic (exact) mass is 382 g/mol. The Kier molecular flexibility index (Phi) is 6.13. The van der Waals surface area contributed by atoms with Crippen LogP contribution in [-0.4, -0.2) is 54.5 Å². The normalized spacial score (nSPS) is 14.4. The second-order valence-corrected chi connectivity index (χ2v) is 7.12. The zero-order chi connectivity index (χ0) is 20.1. The molecule has 7 nitrogen and oxygen atoms in total. The van der Waals surface area contributed by atoms with Gasteiger partial charge >= 0.3 is 0 Å². The number of aromatic nitrogens is 1. The molecule has 1 saturated heterocycles. The van der Waals surface area contributed by atoms with Crippen LogP contribution in [0, 0.1) is 0 Å². The van der Waals surface area contributed by atoms with Gasteiger partial charge < -0.3 is 19.9 Å². The highest BCUT2D eigenvalue weighted by Gasteiger charge is 2.25. The number of benzene rings is 1. The van der Waals surface area contributed by atoms with Crippen LogP contribution in [-0.2, 0) is 11.3 Å². The number of ether oxygens (including phenoxy) is 1. The fourth-order valence-electron chi connectivity index (χ4n) is 3.10. The number of nitrogens with zero attached hydrogens (tertiary/aromatic N) is 3. The van der Waals surface area contributed by atoms with Gasteiger partial charge in [-0.1, -0.05) is 12.1 Å². The minimum absolute atomic E-state index is 0.0425. The summed E-state index contributed by atoms with van der Waals surface area (Å²) < 4.78 is 5.17. The van der Waals surface area contributed by atoms with E-state index in [0.717, 1.165) is 11.3 Å². The van der Waals surface area contributed by atoms with E-state index in [1.165, 1.54) is 0 Å². The fraction of sp³-hybridized carbons (Fsp3) is 0.381. The minimum atomic E-state index is -0.136. The van der Waals surface area contributed by atoms with Crippen LogP contribution in [0.5, 0.6) is 5.75 Å². The van der Waals surface area contributed by atoms with Crippen molar-refractivity contribution in [1.29, 1.82) is 0 Å². The number of amides is 2. The van der Waals surface area contributed by atoms with E-state index in [2.05, 4.69) is 10.3 Å². The molecular formula is C21H26N4O3. The van der Waals surface area contributed by atoms with Crippen molar-refractivity contribution in [2.24, 2.45) is 0 Å². The molecule has 2 amide bonds. The van der Waals surface area contributed by atoms with Crippen molar-refractivity contribution in [3.8, 4) is 5.75 Å². The largest absolute Gasteiger partial charge is 0.497 e. The van der Waals surface area contributed by atoms with Crippen LogP contribution >= 0.6 is 0 Å². The molecular weight excluding hydrogens is 356 g/mol. The summed E-state index contributed by atoms with van der Waals surface area (Å²) >= 11 is 0. The summed E-state index contributed by atoms with van der Waals surface area (Å²) in [7, 11) is 1.63. The summed E-state index contributed by atoms with van der Waals surface area (Å²) in [4.78, 5) is 32.9. The molecule has 1 aromatic heterocycles. The van der Waals surface area contributed by atoms with Gasteiger partial charge in [0.1, 0.15) is 11.6 Å². The zero-order valence-electron chi connectivity index (χ0n) is 16.5. The van der Waals surface area contributed by atoms with E-state index in [9.17, 15) is 9.59 Å². The molecule has 28 heavy (non-hydrogen) atoms. The highest BCUT2D eigenvalue weighted by atomic mass is 16.5. The summed E-state index contributed by atoms with van der Waals surface area (Å²) in [5.41, 5.74) is 1.61. The summed E-state index contributed by atoms with van der Waals surface area (Å²) in [6, 6.07) is 11.2. The molecule has 0 spiro atoms. The van der Waals surface area contributed by atoms with Gasteiger partial charge in [-0.3, -0.25) is 9.59 Å². The molecule has 2 heterocycles. The topological polar surface area (TPSA) is 74.8 Å². The van der Waals surface area contributed by atoms with Crippen molar-refractivity contribution in [3.05, 3.63) is 53.7 Å². The summed E-state index contributed by atoms with van der Waals surface area (Å²) in [6.07, 6.45) is 1.61. The molecule has 0 atom stereocenters. The maximum atomic E-state index is 12.6. The van der Waals surface area contributed by atoms with Crippen molar-refractivity contribution in [1.82, 2.24) is 15.2 Å². The molecule has 1 fully saturated rings. The molecule has 0 aliphatic carbocycles. The third kappa shape index (κ3) is 4.79. The Bertz CT molecular complexity index is 836. The van der Waals surface area contributed by atoms with Gasteiger partial charge in [-0.05, 0) is 43.7 Å². The van der Waals surface area contributed by atoms with Crippen molar-refractivity contribution in [3.63, 3.8) is 0 Å². The molecule has 148 valence electrons. The maximum absolute atomic E-state index is 12.6. The second-order valence-electron chi connectivity index (χ2n) is 7.12. The number of rotatable bonds is 6. The molecule has 0 unspecified atom stereocenters. The first-order valence-electron chi connectivity index (χ1n) is 9.39. The lowest BCUT2D eigenvalue weighted by Crippen LogP contribution is -2.50. The van der Waals surface area contributed by atoms with Gasteiger partial charge in [-0.2, -0.15) is 0 Å². The van der Waals surface area contributed by atoms with Crippen molar-refractivity contribution < 1.29 is 14.3 Å². The lowest BCUT2D eigenvalue weighted by molar-refractivity contribution is -0.131. The average molecular weight is 382 g/mol. The van der Waals surface area contributed by atoms with Crippen molar-refractivity contribution >= 4 is 17.6 Å². The number of carbonyl (C=O) groups excluding carboxylic acids is 2. The number of hydrogen-bond donors (Lipinski definition) is 1. The Morgan fingerprint density at radius 1 is 1.21 bits per heavy atom. The lowest BCUT2D eigenvalue weighted by atomic mass is 10.1. The first-order valence-corrected chi connectivity index (χ1v) is 9.39. The van der Waals surface area contributed by atoms with Crippen molar-refractivity contribution in [2.75, 3.05) is 31.6 Å². The molecule has 1 N–H and O–H groups in total. The first kappa shape index (κ1) is 19.7. The van der Waals surface area contributed by atoms with E-state index in [-0.39, 0.29) is 24.4 Å². The van der Waals surface area contributed by atoms with Gasteiger partial charge in [0.2, 0.25) is 5.91 Å². The summed E-state index contributed by atoms with van der Waals surface area (Å²) in [6.45, 7) is 5.93. The third-order valence-electron chi connectivity index (χ3n) is 4.60. The van der Waals surface area contributed by atoms with Crippen LogP contribution in [0.1, 0.15) is 29.8 Å². The lowest BCUT2D eigenvalue weighted by Gasteiger charge is -2.35. The van der Waals surface area contributed by atoms with Crippen LogP contribution in [0.15, 0.2) is 42.6 Å². The van der Waals surface area contributed by atoms with E-state index in [4.69, 9.17) is 4.74 Å². The quantitative estimate of drug-likeness (QED) is 0.828. The summed E-state index contributed by atoms with van der Waals surface area (Å²) in [5, 5.41) is 2.87. The smallest absolute Gasteiger partial charge is 0.251 e. The first-order chi connectivity index (χ1) is 13.5. The Balaban J connectivity index is 1.63. The maximum Gasteiger partial charge on any atom is 0.251 e. The molecule has 0 bridgehead atoms. The zero-order valence-corrected chi connectivity index (χ0v) is 16.5. The Morgan fingerprint density at radius 3 is 2.61 bits per heavy atom. The highest BCUT2D eigenvalue weighted by molar-refractivity contribution is 5.95. The SMILES string of the molecule is COc1ccc(CN2CCN(c3cc(C(=O)NC(C)C)ccn3)CC2=O)cc1. The van der Waals surface area contributed by atoms with E-state index < -0.39 is 0 Å². The van der Waals surface area contributed by atoms with Crippen LogP contribution in [0.3, 0.4) is 0 Å². The fourth-order valence-corrected chi connectivity index (χ4v) is 3.10. The molecule has 1 aliphatic rings. The third-order valence-corrected chi connectivity index (χ3v) is 4.60. The van der Waals surface area contributed by atoms with E-state index in [1.807, 2.05) is 47.9 Å². The predicted molar refractivity (Wildman–Crippen MR) is 107 cm³/mol. The van der Waals surface area contributed by atoms with Gasteiger partial charge in [0, 0.05) is 37.4 Å². The van der Waals surface area contributed by atoms with Gasteiger partial charge in [-0.15, -0.1) is 0 Å². The molecule has 1 aliphatic heterocycles. The number of methoxy groups -OCH3 is 1. The van der Waals surface area contributed by atoms with Gasteiger partial charge in [0.05, 0.1) is 13.7 Å². The number of piperazine rings is 1. The Morgan fingerprint density at radius 2 is 1.96 bits per heavy atom. The molecule has 2 aromatic rings. The molecule has 7 heteroatoms. The molecule has 0 radical (unpaired) electrons. The van der Waals surface area contributed by atoms with Crippen LogP contribution in [0.25, 0.3) is 0 Å².